The van der Waals surface area contributed by atoms with Gasteiger partial charge in [-0.15, -0.1) is 0 Å². The third-order valence-corrected chi connectivity index (χ3v) is 2.85. The molecule has 1 aromatic carbocycles. The number of carbonyl (C=O) groups excluding carboxylic acids is 1. The van der Waals surface area contributed by atoms with E-state index in [0.717, 1.165) is 30.4 Å². The zero-order chi connectivity index (χ0) is 15.2. The summed E-state index contributed by atoms with van der Waals surface area (Å²) in [5, 5.41) is 9.64. The number of aliphatic hydroxyl groups is 1. The van der Waals surface area contributed by atoms with Crippen LogP contribution in [0.5, 0.6) is 0 Å². The number of unbranched alkanes of at least 4 members (excludes halogenated alkanes) is 1. The first-order chi connectivity index (χ1) is 9.33. The zero-order valence-electron chi connectivity index (χ0n) is 12.7. The fraction of sp³-hybridized carbons (Fsp3) is 0.471. The molecule has 0 saturated heterocycles. The topological polar surface area (TPSA) is 40.5 Å². The molecular weight excluding hydrogens is 250 g/mol. The van der Waals surface area contributed by atoms with Crippen LogP contribution in [0, 0.1) is 11.8 Å². The molecule has 0 bridgehead atoms. The lowest BCUT2D eigenvalue weighted by Crippen LogP contribution is -2.14. The van der Waals surface area contributed by atoms with E-state index in [0.29, 0.717) is 6.42 Å². The van der Waals surface area contributed by atoms with Crippen LogP contribution in [0.15, 0.2) is 18.2 Å². The normalized spacial score (nSPS) is 10.7. The molecule has 108 valence electrons. The molecule has 1 rings (SSSR count). The second-order valence-corrected chi connectivity index (χ2v) is 5.61. The summed E-state index contributed by atoms with van der Waals surface area (Å²) in [5.74, 6) is 5.81. The highest BCUT2D eigenvalue weighted by Crippen LogP contribution is 2.22. The molecule has 0 aliphatic carbocycles. The Morgan fingerprint density at radius 3 is 2.60 bits per heavy atom. The standard InChI is InChI=1S/C17H23NO2/c1-17(2,20)11-10-14-8-9-15(7-5-6-12-19)16(13-14)18(3)4/h8-9,12-13,20H,5-7H2,1-4H3. The molecule has 1 N–H and O–H groups in total. The average molecular weight is 273 g/mol. The van der Waals surface area contributed by atoms with Crippen molar-refractivity contribution in [2.24, 2.45) is 0 Å². The van der Waals surface area contributed by atoms with Crippen LogP contribution in [-0.2, 0) is 11.2 Å². The Morgan fingerprint density at radius 1 is 1.35 bits per heavy atom. The van der Waals surface area contributed by atoms with Crippen LogP contribution in [0.2, 0.25) is 0 Å². The molecule has 0 aliphatic rings. The van der Waals surface area contributed by atoms with E-state index in [1.165, 1.54) is 5.56 Å². The van der Waals surface area contributed by atoms with Gasteiger partial charge in [-0.25, -0.2) is 0 Å². The second-order valence-electron chi connectivity index (χ2n) is 5.61. The van der Waals surface area contributed by atoms with Gasteiger partial charge in [-0.05, 0) is 44.4 Å². The van der Waals surface area contributed by atoms with Gasteiger partial charge in [0, 0.05) is 31.8 Å². The minimum atomic E-state index is -0.985. The maximum absolute atomic E-state index is 10.4. The van der Waals surface area contributed by atoms with Crippen molar-refractivity contribution in [1.29, 1.82) is 0 Å². The molecule has 0 aromatic heterocycles. The molecule has 0 fully saturated rings. The van der Waals surface area contributed by atoms with Gasteiger partial charge in [-0.2, -0.15) is 0 Å². The maximum atomic E-state index is 10.4. The van der Waals surface area contributed by atoms with Crippen molar-refractivity contribution >= 4 is 12.0 Å². The number of aldehydes is 1. The predicted octanol–water partition coefficient (Wildman–Crippen LogP) is 2.40. The van der Waals surface area contributed by atoms with Gasteiger partial charge in [0.15, 0.2) is 0 Å². The summed E-state index contributed by atoms with van der Waals surface area (Å²) in [6.45, 7) is 3.33. The zero-order valence-corrected chi connectivity index (χ0v) is 12.7. The van der Waals surface area contributed by atoms with Crippen LogP contribution < -0.4 is 4.90 Å². The predicted molar refractivity (Wildman–Crippen MR) is 82.9 cm³/mol. The van der Waals surface area contributed by atoms with E-state index >= 15 is 0 Å². The average Bonchev–Trinajstić information content (AvgIpc) is 2.36. The van der Waals surface area contributed by atoms with Crippen molar-refractivity contribution in [2.45, 2.75) is 38.7 Å². The van der Waals surface area contributed by atoms with Crippen molar-refractivity contribution in [1.82, 2.24) is 0 Å². The lowest BCUT2D eigenvalue weighted by molar-refractivity contribution is -0.107. The molecule has 0 radical (unpaired) electrons. The largest absolute Gasteiger partial charge is 0.378 e. The third kappa shape index (κ3) is 5.46. The van der Waals surface area contributed by atoms with Gasteiger partial charge >= 0.3 is 0 Å². The van der Waals surface area contributed by atoms with Crippen molar-refractivity contribution in [3.05, 3.63) is 29.3 Å². The van der Waals surface area contributed by atoms with Gasteiger partial charge in [-0.3, -0.25) is 0 Å². The Balaban J connectivity index is 3.00. The van der Waals surface area contributed by atoms with Crippen molar-refractivity contribution in [3.63, 3.8) is 0 Å². The number of aryl methyl sites for hydroxylation is 1. The van der Waals surface area contributed by atoms with Crippen LogP contribution in [0.3, 0.4) is 0 Å². The summed E-state index contributed by atoms with van der Waals surface area (Å²) in [4.78, 5) is 12.4. The molecular formula is C17H23NO2. The van der Waals surface area contributed by atoms with E-state index in [1.807, 2.05) is 31.1 Å². The number of anilines is 1. The van der Waals surface area contributed by atoms with Gasteiger partial charge in [0.05, 0.1) is 0 Å². The van der Waals surface area contributed by atoms with E-state index in [9.17, 15) is 9.90 Å². The lowest BCUT2D eigenvalue weighted by Gasteiger charge is -2.18. The molecule has 0 unspecified atom stereocenters. The van der Waals surface area contributed by atoms with Crippen molar-refractivity contribution in [3.8, 4) is 11.8 Å². The number of benzene rings is 1. The summed E-state index contributed by atoms with van der Waals surface area (Å²) in [5.41, 5.74) is 2.22. The molecule has 1 aromatic rings. The SMILES string of the molecule is CN(C)c1cc(C#CC(C)(C)O)ccc1CCCC=O. The van der Waals surface area contributed by atoms with Crippen molar-refractivity contribution in [2.75, 3.05) is 19.0 Å². The number of rotatable bonds is 5. The van der Waals surface area contributed by atoms with E-state index in [1.54, 1.807) is 13.8 Å². The van der Waals surface area contributed by atoms with Gasteiger partial charge in [0.1, 0.15) is 11.9 Å². The molecule has 0 atom stereocenters. The molecule has 0 heterocycles. The van der Waals surface area contributed by atoms with E-state index in [-0.39, 0.29) is 0 Å². The molecule has 3 nitrogen and oxygen atoms in total. The highest BCUT2D eigenvalue weighted by Gasteiger charge is 2.08. The van der Waals surface area contributed by atoms with Crippen LogP contribution in [0.1, 0.15) is 37.8 Å². The summed E-state index contributed by atoms with van der Waals surface area (Å²) in [6.07, 6.45) is 3.29. The minimum Gasteiger partial charge on any atom is -0.378 e. The lowest BCUT2D eigenvalue weighted by atomic mass is 10.0. The first-order valence-electron chi connectivity index (χ1n) is 6.83. The number of hydrogen-bond acceptors (Lipinski definition) is 3. The molecule has 0 saturated carbocycles. The summed E-state index contributed by atoms with van der Waals surface area (Å²) in [6, 6.07) is 6.03. The smallest absolute Gasteiger partial charge is 0.120 e. The van der Waals surface area contributed by atoms with Gasteiger partial charge < -0.3 is 14.8 Å². The van der Waals surface area contributed by atoms with Crippen molar-refractivity contribution < 1.29 is 9.90 Å². The number of carbonyl (C=O) groups is 1. The highest BCUT2D eigenvalue weighted by molar-refractivity contribution is 5.58. The number of nitrogens with zero attached hydrogens (tertiary/aromatic N) is 1. The fourth-order valence-corrected chi connectivity index (χ4v) is 1.87. The van der Waals surface area contributed by atoms with Gasteiger partial charge in [0.25, 0.3) is 0 Å². The minimum absolute atomic E-state index is 0.590. The van der Waals surface area contributed by atoms with E-state index < -0.39 is 5.60 Å². The van der Waals surface area contributed by atoms with Crippen LogP contribution in [-0.4, -0.2) is 31.1 Å². The molecule has 20 heavy (non-hydrogen) atoms. The molecule has 3 heteroatoms. The Labute approximate surface area is 121 Å². The third-order valence-electron chi connectivity index (χ3n) is 2.85. The van der Waals surface area contributed by atoms with E-state index in [2.05, 4.69) is 17.9 Å². The maximum Gasteiger partial charge on any atom is 0.120 e. The highest BCUT2D eigenvalue weighted by atomic mass is 16.3. The van der Waals surface area contributed by atoms with Gasteiger partial charge in [0.2, 0.25) is 0 Å². The summed E-state index contributed by atoms with van der Waals surface area (Å²) >= 11 is 0. The monoisotopic (exact) mass is 273 g/mol. The summed E-state index contributed by atoms with van der Waals surface area (Å²) in [7, 11) is 3.98. The second kappa shape index (κ2) is 7.12. The summed E-state index contributed by atoms with van der Waals surface area (Å²) < 4.78 is 0. The Morgan fingerprint density at radius 2 is 2.05 bits per heavy atom. The Kier molecular flexibility index (Phi) is 5.79. The number of hydrogen-bond donors (Lipinski definition) is 1. The van der Waals surface area contributed by atoms with E-state index in [4.69, 9.17) is 0 Å². The fourth-order valence-electron chi connectivity index (χ4n) is 1.87. The first kappa shape index (κ1) is 16.3. The van der Waals surface area contributed by atoms with Gasteiger partial charge in [-0.1, -0.05) is 17.9 Å². The molecule has 0 aliphatic heterocycles. The van der Waals surface area contributed by atoms with Crippen LogP contribution in [0.25, 0.3) is 0 Å². The Hall–Kier alpha value is -1.79. The molecule has 0 amide bonds. The molecule has 0 spiro atoms. The van der Waals surface area contributed by atoms with Crippen LogP contribution in [0.4, 0.5) is 5.69 Å². The van der Waals surface area contributed by atoms with Crippen LogP contribution >= 0.6 is 0 Å². The first-order valence-corrected chi connectivity index (χ1v) is 6.83. The quantitative estimate of drug-likeness (QED) is 0.509. The Bertz CT molecular complexity index is 516.